The van der Waals surface area contributed by atoms with E-state index < -0.39 is 57.6 Å². The first kappa shape index (κ1) is 51.0. The van der Waals surface area contributed by atoms with Crippen molar-refractivity contribution in [1.82, 2.24) is 5.32 Å². The van der Waals surface area contributed by atoms with E-state index in [1.165, 1.54) is 83.5 Å². The van der Waals surface area contributed by atoms with Crippen molar-refractivity contribution in [2.75, 3.05) is 19.8 Å². The molecule has 0 saturated carbocycles. The third-order valence-electron chi connectivity index (χ3n) is 8.99. The number of esters is 1. The molecule has 0 aliphatic heterocycles. The number of ether oxygens (including phenoxy) is 1. The van der Waals surface area contributed by atoms with Crippen LogP contribution >= 0.6 is 7.82 Å². The van der Waals surface area contributed by atoms with E-state index in [0.717, 1.165) is 64.2 Å². The number of carbonyl (C=O) groups is 3. The van der Waals surface area contributed by atoms with Gasteiger partial charge in [-0.3, -0.25) is 18.6 Å². The monoisotopic (exact) mass is 774 g/mol. The number of carboxylic acid groups (broad SMARTS) is 1. The molecule has 0 bridgehead atoms. The van der Waals surface area contributed by atoms with E-state index in [1.807, 2.05) is 0 Å². The van der Waals surface area contributed by atoms with Gasteiger partial charge in [0.25, 0.3) is 0 Å². The Balaban J connectivity index is 3.93. The third-order valence-corrected chi connectivity index (χ3v) is 9.94. The molecule has 0 spiro atoms. The molecule has 0 aromatic heterocycles. The number of aliphatic hydroxyl groups excluding tert-OH is 1. The van der Waals surface area contributed by atoms with Crippen molar-refractivity contribution in [1.29, 1.82) is 0 Å². The maximum absolute atomic E-state index is 12.3. The Morgan fingerprint density at radius 2 is 1.06 bits per heavy atom. The second-order valence-corrected chi connectivity index (χ2v) is 15.6. The molecule has 1 amide bonds. The van der Waals surface area contributed by atoms with E-state index in [2.05, 4.69) is 43.5 Å². The maximum Gasteiger partial charge on any atom is 0.472 e. The van der Waals surface area contributed by atoms with E-state index in [0.29, 0.717) is 12.8 Å². The summed E-state index contributed by atoms with van der Waals surface area (Å²) in [5.74, 6) is -2.38. The second kappa shape index (κ2) is 36.9. The Hall–Kier alpha value is -2.04. The summed E-state index contributed by atoms with van der Waals surface area (Å²) in [6.45, 7) is 2.54. The van der Waals surface area contributed by atoms with Crippen LogP contribution in [0.4, 0.5) is 0 Å². The van der Waals surface area contributed by atoms with E-state index in [1.54, 1.807) is 0 Å². The molecule has 0 aliphatic rings. The van der Waals surface area contributed by atoms with Gasteiger partial charge in [0.2, 0.25) is 5.91 Å². The van der Waals surface area contributed by atoms with Crippen molar-refractivity contribution in [3.63, 3.8) is 0 Å². The van der Waals surface area contributed by atoms with Crippen LogP contribution in [0.5, 0.6) is 0 Å². The number of unbranched alkanes of at least 4 members (excludes halogenated alkanes) is 21. The van der Waals surface area contributed by atoms with Gasteiger partial charge >= 0.3 is 19.8 Å². The summed E-state index contributed by atoms with van der Waals surface area (Å²) in [6, 6.07) is -1.54. The number of amides is 1. The van der Waals surface area contributed by atoms with Crippen LogP contribution in [-0.4, -0.2) is 64.9 Å². The molecule has 11 nitrogen and oxygen atoms in total. The zero-order valence-electron chi connectivity index (χ0n) is 33.3. The van der Waals surface area contributed by atoms with Gasteiger partial charge in [0.05, 0.1) is 13.2 Å². The van der Waals surface area contributed by atoms with Crippen molar-refractivity contribution in [2.24, 2.45) is 0 Å². The SMILES string of the molecule is CCCC/C=C\C/C=C\CCCCCCCC(=O)OCC(O)COP(=O)(O)OCC(NC(=O)CCCCCCCCCCCCCCCCC)C(=O)O. The van der Waals surface area contributed by atoms with Crippen LogP contribution in [0.15, 0.2) is 24.3 Å². The van der Waals surface area contributed by atoms with E-state index in [9.17, 15) is 34.1 Å². The van der Waals surface area contributed by atoms with Gasteiger partial charge in [0.1, 0.15) is 12.7 Å². The lowest BCUT2D eigenvalue weighted by atomic mass is 10.0. The molecule has 0 saturated heterocycles. The molecule has 0 heterocycles. The first-order chi connectivity index (χ1) is 25.6. The quantitative estimate of drug-likeness (QED) is 0.0204. The smallest absolute Gasteiger partial charge is 0.472 e. The first-order valence-electron chi connectivity index (χ1n) is 20.9. The van der Waals surface area contributed by atoms with Crippen molar-refractivity contribution in [3.8, 4) is 0 Å². The molecule has 0 radical (unpaired) electrons. The standard InChI is InChI=1S/C41H76NO10P/c1-3-5-7-9-11-13-15-17-19-20-22-24-26-28-30-32-39(44)42-38(41(46)47)36-52-53(48,49)51-35-37(43)34-50-40(45)33-31-29-27-25-23-21-18-16-14-12-10-8-6-4-2/h10,12,16,18,37-38,43H,3-9,11,13-15,17,19-36H2,1-2H3,(H,42,44)(H,46,47)(H,48,49)/b12-10-,18-16-. The minimum atomic E-state index is -4.75. The lowest BCUT2D eigenvalue weighted by molar-refractivity contribution is -0.147. The zero-order chi connectivity index (χ0) is 39.3. The Morgan fingerprint density at radius 3 is 1.58 bits per heavy atom. The number of phosphoric acid groups is 1. The largest absolute Gasteiger partial charge is 0.480 e. The number of rotatable bonds is 39. The summed E-state index contributed by atoms with van der Waals surface area (Å²) in [4.78, 5) is 45.8. The molecule has 0 rings (SSSR count). The topological polar surface area (TPSA) is 169 Å². The predicted octanol–water partition coefficient (Wildman–Crippen LogP) is 10.3. The number of hydrogen-bond donors (Lipinski definition) is 4. The predicted molar refractivity (Wildman–Crippen MR) is 213 cm³/mol. The highest BCUT2D eigenvalue weighted by molar-refractivity contribution is 7.47. The molecule has 12 heteroatoms. The van der Waals surface area contributed by atoms with Gasteiger partial charge in [-0.05, 0) is 38.5 Å². The van der Waals surface area contributed by atoms with Gasteiger partial charge in [-0.1, -0.05) is 160 Å². The summed E-state index contributed by atoms with van der Waals surface area (Å²) in [6.07, 6.45) is 36.3. The number of aliphatic hydroxyl groups is 1. The fourth-order valence-corrected chi connectivity index (χ4v) is 6.46. The molecule has 0 aliphatic carbocycles. The number of hydrogen-bond acceptors (Lipinski definition) is 8. The van der Waals surface area contributed by atoms with Crippen LogP contribution in [0.25, 0.3) is 0 Å². The third kappa shape index (κ3) is 36.7. The normalized spacial score (nSPS) is 14.0. The summed E-state index contributed by atoms with van der Waals surface area (Å²) in [7, 11) is -4.75. The Labute approximate surface area is 321 Å². The van der Waals surface area contributed by atoms with Gasteiger partial charge in [-0.15, -0.1) is 0 Å². The number of carbonyl (C=O) groups excluding carboxylic acids is 2. The lowest BCUT2D eigenvalue weighted by Crippen LogP contribution is -2.43. The van der Waals surface area contributed by atoms with Gasteiger partial charge in [0, 0.05) is 12.8 Å². The van der Waals surface area contributed by atoms with Crippen molar-refractivity contribution in [2.45, 2.75) is 199 Å². The van der Waals surface area contributed by atoms with Gasteiger partial charge in [0.15, 0.2) is 6.04 Å². The van der Waals surface area contributed by atoms with E-state index >= 15 is 0 Å². The van der Waals surface area contributed by atoms with E-state index in [4.69, 9.17) is 13.8 Å². The Kier molecular flexibility index (Phi) is 35.5. The number of phosphoric ester groups is 1. The van der Waals surface area contributed by atoms with Crippen molar-refractivity contribution < 1.29 is 47.8 Å². The highest BCUT2D eigenvalue weighted by Crippen LogP contribution is 2.43. The van der Waals surface area contributed by atoms with Gasteiger partial charge in [-0.25, -0.2) is 9.36 Å². The summed E-state index contributed by atoms with van der Waals surface area (Å²) >= 11 is 0. The number of nitrogens with one attached hydrogen (secondary N) is 1. The number of allylic oxidation sites excluding steroid dienone is 4. The molecule has 3 atom stereocenters. The van der Waals surface area contributed by atoms with Gasteiger partial charge in [-0.2, -0.15) is 0 Å². The summed E-state index contributed by atoms with van der Waals surface area (Å²) in [5, 5.41) is 21.8. The molecular weight excluding hydrogens is 697 g/mol. The van der Waals surface area contributed by atoms with Crippen LogP contribution in [0.2, 0.25) is 0 Å². The molecule has 0 aromatic carbocycles. The Morgan fingerprint density at radius 1 is 0.604 bits per heavy atom. The summed E-state index contributed by atoms with van der Waals surface area (Å²) in [5.41, 5.74) is 0. The van der Waals surface area contributed by atoms with Crippen LogP contribution < -0.4 is 5.32 Å². The Bertz CT molecular complexity index is 1010. The average molecular weight is 774 g/mol. The lowest BCUT2D eigenvalue weighted by Gasteiger charge is -2.18. The fourth-order valence-electron chi connectivity index (χ4n) is 5.68. The zero-order valence-corrected chi connectivity index (χ0v) is 34.2. The molecule has 4 N–H and O–H groups in total. The van der Waals surface area contributed by atoms with Crippen LogP contribution in [0, 0.1) is 0 Å². The molecule has 0 fully saturated rings. The van der Waals surface area contributed by atoms with Crippen LogP contribution in [0.3, 0.4) is 0 Å². The molecule has 53 heavy (non-hydrogen) atoms. The minimum Gasteiger partial charge on any atom is -0.480 e. The number of carboxylic acids is 1. The van der Waals surface area contributed by atoms with Crippen LogP contribution in [-0.2, 0) is 32.7 Å². The molecular formula is C41H76NO10P. The molecule has 3 unspecified atom stereocenters. The van der Waals surface area contributed by atoms with Gasteiger partial charge < -0.3 is 25.2 Å². The van der Waals surface area contributed by atoms with Crippen molar-refractivity contribution in [3.05, 3.63) is 24.3 Å². The summed E-state index contributed by atoms with van der Waals surface area (Å²) < 4.78 is 26.8. The second-order valence-electron chi connectivity index (χ2n) is 14.2. The molecule has 0 aromatic rings. The fraction of sp³-hybridized carbons (Fsp3) is 0.829. The molecule has 310 valence electrons. The first-order valence-corrected chi connectivity index (χ1v) is 22.4. The average Bonchev–Trinajstić information content (AvgIpc) is 3.13. The highest BCUT2D eigenvalue weighted by Gasteiger charge is 2.28. The number of aliphatic carboxylic acids is 1. The van der Waals surface area contributed by atoms with Crippen LogP contribution in [0.1, 0.15) is 187 Å². The maximum atomic E-state index is 12.3. The van der Waals surface area contributed by atoms with E-state index in [-0.39, 0.29) is 12.8 Å². The minimum absolute atomic E-state index is 0.149. The highest BCUT2D eigenvalue weighted by atomic mass is 31.2. The van der Waals surface area contributed by atoms with Crippen molar-refractivity contribution >= 4 is 25.7 Å².